The van der Waals surface area contributed by atoms with Gasteiger partial charge in [0, 0.05) is 25.8 Å². The second-order valence-electron chi connectivity index (χ2n) is 7.71. The quantitative estimate of drug-likeness (QED) is 0.841. The Hall–Kier alpha value is -2.15. The molecule has 0 unspecified atom stereocenters. The Labute approximate surface area is 167 Å². The number of benzene rings is 2. The van der Waals surface area contributed by atoms with Gasteiger partial charge in [-0.25, -0.2) is 13.1 Å². The van der Waals surface area contributed by atoms with Crippen LogP contribution in [0.5, 0.6) is 0 Å². The number of hydrogen-bond donors (Lipinski definition) is 1. The third-order valence-corrected chi connectivity index (χ3v) is 7.11. The van der Waals surface area contributed by atoms with E-state index in [1.54, 1.807) is 12.1 Å². The highest BCUT2D eigenvalue weighted by Crippen LogP contribution is 2.34. The monoisotopic (exact) mass is 397 g/mol. The van der Waals surface area contributed by atoms with Gasteiger partial charge in [-0.3, -0.25) is 4.90 Å². The number of likely N-dealkylation sites (tertiary alicyclic amines) is 1. The average Bonchev–Trinajstić information content (AvgIpc) is 3.22. The van der Waals surface area contributed by atoms with E-state index in [4.69, 9.17) is 0 Å². The fourth-order valence-electron chi connectivity index (χ4n) is 4.11. The zero-order chi connectivity index (χ0) is 19.7. The average molecular weight is 398 g/mol. The lowest BCUT2D eigenvalue weighted by Gasteiger charge is -2.36. The molecule has 0 spiro atoms. The molecular weight excluding hydrogens is 370 g/mol. The normalized spacial score (nSPS) is 22.2. The molecule has 2 aromatic carbocycles. The number of rotatable bonds is 5. The number of nitrogens with zero attached hydrogens (tertiary/aromatic N) is 2. The van der Waals surface area contributed by atoms with E-state index in [-0.39, 0.29) is 12.1 Å². The minimum atomic E-state index is -3.64. The van der Waals surface area contributed by atoms with Gasteiger partial charge in [0.2, 0.25) is 10.0 Å². The first-order valence-corrected chi connectivity index (χ1v) is 11.2. The van der Waals surface area contributed by atoms with Gasteiger partial charge in [-0.2, -0.15) is 0 Å². The zero-order valence-electron chi connectivity index (χ0n) is 16.4. The molecule has 1 N–H and O–H groups in total. The van der Waals surface area contributed by atoms with Crippen molar-refractivity contribution in [3.05, 3.63) is 65.7 Å². The second-order valence-corrected chi connectivity index (χ2v) is 9.42. The van der Waals surface area contributed by atoms with E-state index in [0.29, 0.717) is 4.90 Å². The smallest absolute Gasteiger partial charge is 0.241 e. The SMILES string of the molecule is CN(C)c1ccc(S(=O)(=O)N[C@@H]2c3ccccc3C=C[C@@H]2N2CCCC2)cc1. The van der Waals surface area contributed by atoms with E-state index in [0.717, 1.165) is 42.7 Å². The lowest BCUT2D eigenvalue weighted by molar-refractivity contribution is 0.243. The molecule has 1 aliphatic heterocycles. The number of hydrogen-bond acceptors (Lipinski definition) is 4. The molecule has 0 aromatic heterocycles. The molecule has 2 aromatic rings. The van der Waals surface area contributed by atoms with E-state index >= 15 is 0 Å². The summed E-state index contributed by atoms with van der Waals surface area (Å²) in [5.74, 6) is 0. The Morgan fingerprint density at radius 1 is 1.00 bits per heavy atom. The number of sulfonamides is 1. The van der Waals surface area contributed by atoms with Crippen LogP contribution in [0.1, 0.15) is 30.0 Å². The predicted molar refractivity (Wildman–Crippen MR) is 114 cm³/mol. The van der Waals surface area contributed by atoms with Gasteiger partial charge in [-0.15, -0.1) is 0 Å². The van der Waals surface area contributed by atoms with Crippen molar-refractivity contribution in [1.82, 2.24) is 9.62 Å². The van der Waals surface area contributed by atoms with Gasteiger partial charge in [0.05, 0.1) is 10.9 Å². The molecule has 28 heavy (non-hydrogen) atoms. The van der Waals surface area contributed by atoms with Crippen molar-refractivity contribution in [2.24, 2.45) is 0 Å². The summed E-state index contributed by atoms with van der Waals surface area (Å²) in [5, 5.41) is 0. The summed E-state index contributed by atoms with van der Waals surface area (Å²) < 4.78 is 29.4. The van der Waals surface area contributed by atoms with Crippen LogP contribution < -0.4 is 9.62 Å². The van der Waals surface area contributed by atoms with Gasteiger partial charge < -0.3 is 4.90 Å². The Morgan fingerprint density at radius 3 is 2.36 bits per heavy atom. The Kier molecular flexibility index (Phi) is 5.27. The van der Waals surface area contributed by atoms with Crippen molar-refractivity contribution in [2.75, 3.05) is 32.1 Å². The van der Waals surface area contributed by atoms with Crippen molar-refractivity contribution < 1.29 is 8.42 Å². The topological polar surface area (TPSA) is 52.7 Å². The summed E-state index contributed by atoms with van der Waals surface area (Å²) >= 11 is 0. The van der Waals surface area contributed by atoms with Gasteiger partial charge in [0.1, 0.15) is 0 Å². The highest BCUT2D eigenvalue weighted by Gasteiger charge is 2.35. The van der Waals surface area contributed by atoms with E-state index < -0.39 is 10.0 Å². The highest BCUT2D eigenvalue weighted by atomic mass is 32.2. The van der Waals surface area contributed by atoms with Crippen LogP contribution in [0.3, 0.4) is 0 Å². The van der Waals surface area contributed by atoms with Crippen LogP contribution >= 0.6 is 0 Å². The number of nitrogens with one attached hydrogen (secondary N) is 1. The maximum atomic E-state index is 13.2. The van der Waals surface area contributed by atoms with Crippen molar-refractivity contribution in [3.63, 3.8) is 0 Å². The zero-order valence-corrected chi connectivity index (χ0v) is 17.2. The van der Waals surface area contributed by atoms with Crippen LogP contribution in [0.2, 0.25) is 0 Å². The molecule has 0 amide bonds. The van der Waals surface area contributed by atoms with Crippen LogP contribution in [0.4, 0.5) is 5.69 Å². The first kappa shape index (κ1) is 19.2. The van der Waals surface area contributed by atoms with Crippen LogP contribution in [0, 0.1) is 0 Å². The van der Waals surface area contributed by atoms with E-state index in [1.165, 1.54) is 0 Å². The fourth-order valence-corrected chi connectivity index (χ4v) is 5.34. The lowest BCUT2D eigenvalue weighted by atomic mass is 9.89. The highest BCUT2D eigenvalue weighted by molar-refractivity contribution is 7.89. The fraction of sp³-hybridized carbons (Fsp3) is 0.364. The molecule has 0 saturated carbocycles. The number of fused-ring (bicyclic) bond motifs is 1. The standard InChI is InChI=1S/C22H27N3O2S/c1-24(2)18-10-12-19(13-11-18)28(26,27)23-22-20-8-4-3-7-17(20)9-14-21(22)25-15-5-6-16-25/h3-4,7-14,21-23H,5-6,15-16H2,1-2H3/t21-,22+/m0/s1. The first-order valence-electron chi connectivity index (χ1n) is 9.77. The van der Waals surface area contributed by atoms with Gasteiger partial charge in [-0.1, -0.05) is 36.4 Å². The van der Waals surface area contributed by atoms with Gasteiger partial charge in [0.25, 0.3) is 0 Å². The molecule has 1 aliphatic carbocycles. The summed E-state index contributed by atoms with van der Waals surface area (Å²) in [4.78, 5) is 4.63. The molecule has 2 aliphatic rings. The summed E-state index contributed by atoms with van der Waals surface area (Å²) in [6, 6.07) is 14.8. The molecule has 148 valence electrons. The minimum Gasteiger partial charge on any atom is -0.378 e. The molecule has 1 fully saturated rings. The minimum absolute atomic E-state index is 0.0354. The van der Waals surface area contributed by atoms with Crippen LogP contribution in [0.25, 0.3) is 6.08 Å². The summed E-state index contributed by atoms with van der Waals surface area (Å²) in [7, 11) is 0.240. The molecule has 6 heteroatoms. The Balaban J connectivity index is 1.66. The first-order chi connectivity index (χ1) is 13.5. The van der Waals surface area contributed by atoms with Crippen molar-refractivity contribution >= 4 is 21.8 Å². The largest absolute Gasteiger partial charge is 0.378 e. The van der Waals surface area contributed by atoms with Gasteiger partial charge >= 0.3 is 0 Å². The lowest BCUT2D eigenvalue weighted by Crippen LogP contribution is -2.45. The summed E-state index contributed by atoms with van der Waals surface area (Å²) in [5.41, 5.74) is 3.09. The maximum Gasteiger partial charge on any atom is 0.241 e. The third-order valence-electron chi connectivity index (χ3n) is 5.65. The maximum absolute atomic E-state index is 13.2. The molecule has 0 bridgehead atoms. The molecule has 1 heterocycles. The molecular formula is C22H27N3O2S. The molecule has 1 saturated heterocycles. The van der Waals surface area contributed by atoms with Crippen LogP contribution in [-0.2, 0) is 10.0 Å². The Bertz CT molecular complexity index is 962. The summed E-state index contributed by atoms with van der Waals surface area (Å²) in [6.07, 6.45) is 6.60. The van der Waals surface area contributed by atoms with Crippen LogP contribution in [0.15, 0.2) is 59.5 Å². The summed E-state index contributed by atoms with van der Waals surface area (Å²) in [6.45, 7) is 2.01. The van der Waals surface area contributed by atoms with E-state index in [9.17, 15) is 8.42 Å². The molecule has 5 nitrogen and oxygen atoms in total. The predicted octanol–water partition coefficient (Wildman–Crippen LogP) is 3.26. The van der Waals surface area contributed by atoms with Gasteiger partial charge in [0.15, 0.2) is 0 Å². The van der Waals surface area contributed by atoms with E-state index in [1.807, 2.05) is 55.4 Å². The van der Waals surface area contributed by atoms with Gasteiger partial charge in [-0.05, 0) is 61.3 Å². The van der Waals surface area contributed by atoms with Crippen molar-refractivity contribution in [2.45, 2.75) is 29.8 Å². The number of anilines is 1. The van der Waals surface area contributed by atoms with Crippen molar-refractivity contribution in [1.29, 1.82) is 0 Å². The molecule has 4 rings (SSSR count). The van der Waals surface area contributed by atoms with Crippen molar-refractivity contribution in [3.8, 4) is 0 Å². The second kappa shape index (κ2) is 7.70. The molecule has 0 radical (unpaired) electrons. The van der Waals surface area contributed by atoms with Crippen LogP contribution in [-0.4, -0.2) is 46.5 Å². The third kappa shape index (κ3) is 3.72. The molecule has 2 atom stereocenters. The Morgan fingerprint density at radius 2 is 1.68 bits per heavy atom. The van der Waals surface area contributed by atoms with E-state index in [2.05, 4.69) is 21.8 Å².